The van der Waals surface area contributed by atoms with Crippen molar-refractivity contribution in [1.29, 1.82) is 0 Å². The average molecular weight is 341 g/mol. The summed E-state index contributed by atoms with van der Waals surface area (Å²) in [6.07, 6.45) is 13.0. The highest BCUT2D eigenvalue weighted by molar-refractivity contribution is 5.89. The summed E-state index contributed by atoms with van der Waals surface area (Å²) in [5.41, 5.74) is 1.67. The van der Waals surface area contributed by atoms with E-state index in [0.717, 1.165) is 35.5 Å². The number of benzene rings is 2. The molecule has 136 valence electrons. The Balaban J connectivity index is 1.71. The molecule has 0 aliphatic carbocycles. The molecule has 0 aliphatic heterocycles. The topological polar surface area (TPSA) is 37.3 Å². The first-order chi connectivity index (χ1) is 12.2. The lowest BCUT2D eigenvalue weighted by atomic mass is 9.98. The van der Waals surface area contributed by atoms with Crippen molar-refractivity contribution in [2.75, 3.05) is 0 Å². The first kappa shape index (κ1) is 19.7. The molecule has 1 N–H and O–H groups in total. The number of rotatable bonds is 12. The maximum absolute atomic E-state index is 10.8. The fraction of sp³-hybridized carbons (Fsp3) is 0.522. The van der Waals surface area contributed by atoms with E-state index in [4.69, 9.17) is 0 Å². The zero-order chi connectivity index (χ0) is 17.9. The zero-order valence-corrected chi connectivity index (χ0v) is 15.5. The molecule has 0 fully saturated rings. The SMILES string of the molecule is CCCCCCCCCCCC(O)c1ccc2cc(C=O)ccc2c1. The van der Waals surface area contributed by atoms with Crippen LogP contribution in [0.15, 0.2) is 36.4 Å². The molecule has 0 saturated carbocycles. The maximum atomic E-state index is 10.8. The normalized spacial score (nSPS) is 12.4. The van der Waals surface area contributed by atoms with Crippen molar-refractivity contribution in [3.63, 3.8) is 0 Å². The molecule has 2 aromatic rings. The second kappa shape index (κ2) is 11.0. The van der Waals surface area contributed by atoms with Gasteiger partial charge in [0.25, 0.3) is 0 Å². The van der Waals surface area contributed by atoms with Crippen molar-refractivity contribution in [1.82, 2.24) is 0 Å². The lowest BCUT2D eigenvalue weighted by molar-refractivity contribution is 0.112. The summed E-state index contributed by atoms with van der Waals surface area (Å²) in [7, 11) is 0. The van der Waals surface area contributed by atoms with Crippen molar-refractivity contribution in [2.24, 2.45) is 0 Å². The molecule has 2 heteroatoms. The minimum atomic E-state index is -0.389. The predicted octanol–water partition coefficient (Wildman–Crippen LogP) is 6.61. The molecule has 0 radical (unpaired) electrons. The van der Waals surface area contributed by atoms with Crippen LogP contribution in [0.25, 0.3) is 10.8 Å². The molecular weight excluding hydrogens is 308 g/mol. The number of fused-ring (bicyclic) bond motifs is 1. The van der Waals surface area contributed by atoms with E-state index in [9.17, 15) is 9.90 Å². The van der Waals surface area contributed by atoms with E-state index in [1.54, 1.807) is 0 Å². The lowest BCUT2D eigenvalue weighted by Gasteiger charge is -2.12. The number of aliphatic hydroxyl groups is 1. The Kier molecular flexibility index (Phi) is 8.68. The first-order valence-corrected chi connectivity index (χ1v) is 9.91. The van der Waals surface area contributed by atoms with Crippen LogP contribution in [0.3, 0.4) is 0 Å². The summed E-state index contributed by atoms with van der Waals surface area (Å²) in [5, 5.41) is 12.5. The van der Waals surface area contributed by atoms with Crippen molar-refractivity contribution < 1.29 is 9.90 Å². The molecule has 0 bridgehead atoms. The highest BCUT2D eigenvalue weighted by Gasteiger charge is 2.08. The van der Waals surface area contributed by atoms with Gasteiger partial charge in [0, 0.05) is 5.56 Å². The van der Waals surface area contributed by atoms with Crippen molar-refractivity contribution in [2.45, 2.75) is 77.2 Å². The highest BCUT2D eigenvalue weighted by Crippen LogP contribution is 2.25. The van der Waals surface area contributed by atoms with Gasteiger partial charge >= 0.3 is 0 Å². The minimum absolute atomic E-state index is 0.389. The minimum Gasteiger partial charge on any atom is -0.388 e. The van der Waals surface area contributed by atoms with Gasteiger partial charge in [-0.15, -0.1) is 0 Å². The van der Waals surface area contributed by atoms with Gasteiger partial charge < -0.3 is 5.11 Å². The van der Waals surface area contributed by atoms with Crippen molar-refractivity contribution in [3.8, 4) is 0 Å². The zero-order valence-electron chi connectivity index (χ0n) is 15.5. The van der Waals surface area contributed by atoms with E-state index in [2.05, 4.69) is 6.92 Å². The summed E-state index contributed by atoms with van der Waals surface area (Å²) < 4.78 is 0. The molecule has 0 saturated heterocycles. The molecule has 2 nitrogen and oxygen atoms in total. The Morgan fingerprint density at radius 1 is 0.840 bits per heavy atom. The molecule has 2 aromatic carbocycles. The lowest BCUT2D eigenvalue weighted by Crippen LogP contribution is -1.97. The van der Waals surface area contributed by atoms with Crippen LogP contribution < -0.4 is 0 Å². The Labute approximate surface area is 152 Å². The standard InChI is InChI=1S/C23H32O2/c1-2-3-4-5-6-7-8-9-10-11-23(25)22-15-14-20-16-19(18-24)12-13-21(20)17-22/h12-18,23,25H,2-11H2,1H3. The van der Waals surface area contributed by atoms with Crippen molar-refractivity contribution in [3.05, 3.63) is 47.5 Å². The van der Waals surface area contributed by atoms with Crippen LogP contribution in [-0.2, 0) is 0 Å². The first-order valence-electron chi connectivity index (χ1n) is 9.91. The number of aldehydes is 1. The van der Waals surface area contributed by atoms with Gasteiger partial charge in [0.2, 0.25) is 0 Å². The van der Waals surface area contributed by atoms with Crippen LogP contribution in [0.4, 0.5) is 0 Å². The Bertz CT molecular complexity index is 648. The molecule has 0 aromatic heterocycles. The Morgan fingerprint density at radius 2 is 1.44 bits per heavy atom. The van der Waals surface area contributed by atoms with E-state index >= 15 is 0 Å². The van der Waals surface area contributed by atoms with E-state index in [-0.39, 0.29) is 6.10 Å². The van der Waals surface area contributed by atoms with E-state index < -0.39 is 0 Å². The number of carbonyl (C=O) groups is 1. The van der Waals surface area contributed by atoms with E-state index in [0.29, 0.717) is 5.56 Å². The smallest absolute Gasteiger partial charge is 0.150 e. The van der Waals surface area contributed by atoms with Gasteiger partial charge in [0.1, 0.15) is 6.29 Å². The van der Waals surface area contributed by atoms with Gasteiger partial charge in [-0.3, -0.25) is 4.79 Å². The van der Waals surface area contributed by atoms with Gasteiger partial charge in [0.15, 0.2) is 0 Å². The molecule has 0 heterocycles. The molecule has 25 heavy (non-hydrogen) atoms. The summed E-state index contributed by atoms with van der Waals surface area (Å²) in [6, 6.07) is 11.7. The van der Waals surface area contributed by atoms with Crippen LogP contribution >= 0.6 is 0 Å². The van der Waals surface area contributed by atoms with Crippen LogP contribution in [0.2, 0.25) is 0 Å². The summed E-state index contributed by atoms with van der Waals surface area (Å²) in [4.78, 5) is 10.8. The molecule has 0 amide bonds. The Morgan fingerprint density at radius 3 is 2.12 bits per heavy atom. The summed E-state index contributed by atoms with van der Waals surface area (Å²) in [5.74, 6) is 0. The molecule has 2 rings (SSSR count). The number of aliphatic hydroxyl groups excluding tert-OH is 1. The van der Waals surface area contributed by atoms with Crippen molar-refractivity contribution >= 4 is 17.1 Å². The third kappa shape index (κ3) is 6.62. The van der Waals surface area contributed by atoms with Crippen LogP contribution in [0.5, 0.6) is 0 Å². The third-order valence-electron chi connectivity index (χ3n) is 4.99. The van der Waals surface area contributed by atoms with Gasteiger partial charge in [0.05, 0.1) is 6.10 Å². The summed E-state index contributed by atoms with van der Waals surface area (Å²) >= 11 is 0. The predicted molar refractivity (Wildman–Crippen MR) is 106 cm³/mol. The van der Waals surface area contributed by atoms with Gasteiger partial charge in [-0.05, 0) is 34.9 Å². The number of unbranched alkanes of at least 4 members (excludes halogenated alkanes) is 8. The molecule has 1 unspecified atom stereocenters. The van der Waals surface area contributed by atoms with Gasteiger partial charge in [-0.2, -0.15) is 0 Å². The number of hydrogen-bond acceptors (Lipinski definition) is 2. The third-order valence-corrected chi connectivity index (χ3v) is 4.99. The quantitative estimate of drug-likeness (QED) is 0.349. The van der Waals surface area contributed by atoms with E-state index in [1.165, 1.54) is 51.4 Å². The maximum Gasteiger partial charge on any atom is 0.150 e. The summed E-state index contributed by atoms with van der Waals surface area (Å²) in [6.45, 7) is 2.25. The number of hydrogen-bond donors (Lipinski definition) is 1. The van der Waals surface area contributed by atoms with E-state index in [1.807, 2.05) is 36.4 Å². The molecule has 0 aliphatic rings. The molecule has 1 atom stereocenters. The number of carbonyl (C=O) groups excluding carboxylic acids is 1. The molecular formula is C23H32O2. The molecule has 0 spiro atoms. The van der Waals surface area contributed by atoms with Crippen LogP contribution in [0, 0.1) is 0 Å². The monoisotopic (exact) mass is 340 g/mol. The van der Waals surface area contributed by atoms with Gasteiger partial charge in [-0.1, -0.05) is 89.0 Å². The highest BCUT2D eigenvalue weighted by atomic mass is 16.3. The largest absolute Gasteiger partial charge is 0.388 e. The van der Waals surface area contributed by atoms with Crippen LogP contribution in [0.1, 0.15) is 93.2 Å². The fourth-order valence-corrected chi connectivity index (χ4v) is 3.38. The second-order valence-corrected chi connectivity index (χ2v) is 7.12. The van der Waals surface area contributed by atoms with Crippen LogP contribution in [-0.4, -0.2) is 11.4 Å². The Hall–Kier alpha value is -1.67. The average Bonchev–Trinajstić information content (AvgIpc) is 2.65. The van der Waals surface area contributed by atoms with Gasteiger partial charge in [-0.25, -0.2) is 0 Å². The second-order valence-electron chi connectivity index (χ2n) is 7.12. The fourth-order valence-electron chi connectivity index (χ4n) is 3.38.